The van der Waals surface area contributed by atoms with Crippen molar-refractivity contribution in [3.05, 3.63) is 69.8 Å². The molecule has 2 aromatic carbocycles. The normalized spacial score (nSPS) is 9.80. The summed E-state index contributed by atoms with van der Waals surface area (Å²) < 4.78 is 4.54. The van der Waals surface area contributed by atoms with Gasteiger partial charge in [0.1, 0.15) is 11.3 Å². The maximum Gasteiger partial charge on any atom is 0.298 e. The van der Waals surface area contributed by atoms with Crippen molar-refractivity contribution >= 4 is 17.9 Å². The molecule has 0 aromatic heterocycles. The van der Waals surface area contributed by atoms with Crippen molar-refractivity contribution in [2.45, 2.75) is 0 Å². The van der Waals surface area contributed by atoms with Gasteiger partial charge in [-0.25, -0.2) is 0 Å². The van der Waals surface area contributed by atoms with E-state index in [0.29, 0.717) is 5.56 Å². The Hall–Kier alpha value is -3.02. The molecular formula is C14H9NO5. The minimum atomic E-state index is -0.687. The summed E-state index contributed by atoms with van der Waals surface area (Å²) in [7, 11) is 0. The molecule has 0 N–H and O–H groups in total. The first-order valence-corrected chi connectivity index (χ1v) is 5.62. The highest BCUT2D eigenvalue weighted by Crippen LogP contribution is 2.26. The number of rotatable bonds is 5. The number of nitro benzene ring substituents is 1. The van der Waals surface area contributed by atoms with E-state index in [9.17, 15) is 19.7 Å². The predicted octanol–water partition coefficient (Wildman–Crippen LogP) is 2.36. The van der Waals surface area contributed by atoms with Gasteiger partial charge in [0.25, 0.3) is 12.2 Å². The summed E-state index contributed by atoms with van der Waals surface area (Å²) in [5, 5.41) is 11.0. The Morgan fingerprint density at radius 1 is 1.15 bits per heavy atom. The highest BCUT2D eigenvalue weighted by atomic mass is 16.6. The molecule has 0 amide bonds. The van der Waals surface area contributed by atoms with E-state index in [1.165, 1.54) is 12.1 Å². The number of ketones is 1. The molecule has 0 saturated heterocycles. The molecule has 0 fully saturated rings. The molecule has 0 radical (unpaired) electrons. The molecule has 0 aliphatic heterocycles. The van der Waals surface area contributed by atoms with Gasteiger partial charge in [0, 0.05) is 5.56 Å². The van der Waals surface area contributed by atoms with Gasteiger partial charge in [-0.1, -0.05) is 30.3 Å². The molecule has 20 heavy (non-hydrogen) atoms. The van der Waals surface area contributed by atoms with E-state index >= 15 is 0 Å². The Bertz CT molecular complexity index is 667. The minimum Gasteiger partial charge on any atom is -0.428 e. The van der Waals surface area contributed by atoms with Crippen LogP contribution in [0.5, 0.6) is 5.75 Å². The standard InChI is InChI=1S/C14H9NO5/c16-9-20-11-6-7-12(13(8-11)15(18)19)14(17)10-4-2-1-3-5-10/h1-9H. The fourth-order valence-electron chi connectivity index (χ4n) is 1.73. The lowest BCUT2D eigenvalue weighted by atomic mass is 10.0. The van der Waals surface area contributed by atoms with Crippen LogP contribution in [-0.4, -0.2) is 17.2 Å². The lowest BCUT2D eigenvalue weighted by molar-refractivity contribution is -0.385. The van der Waals surface area contributed by atoms with Gasteiger partial charge in [0.2, 0.25) is 0 Å². The number of nitro groups is 1. The second-order valence-electron chi connectivity index (χ2n) is 3.85. The molecule has 2 rings (SSSR count). The lowest BCUT2D eigenvalue weighted by Gasteiger charge is -2.04. The van der Waals surface area contributed by atoms with Crippen molar-refractivity contribution in [3.8, 4) is 5.75 Å². The molecule has 0 aliphatic carbocycles. The molecule has 100 valence electrons. The van der Waals surface area contributed by atoms with Gasteiger partial charge in [-0.2, -0.15) is 0 Å². The molecule has 0 bridgehead atoms. The summed E-state index contributed by atoms with van der Waals surface area (Å²) >= 11 is 0. The van der Waals surface area contributed by atoms with Gasteiger partial charge in [0.05, 0.1) is 11.0 Å². The van der Waals surface area contributed by atoms with Crippen molar-refractivity contribution in [2.24, 2.45) is 0 Å². The van der Waals surface area contributed by atoms with E-state index < -0.39 is 16.4 Å². The molecular weight excluding hydrogens is 262 g/mol. The number of ether oxygens (including phenoxy) is 1. The number of benzene rings is 2. The Balaban J connectivity index is 2.48. The Morgan fingerprint density at radius 3 is 2.45 bits per heavy atom. The van der Waals surface area contributed by atoms with Crippen LogP contribution in [0, 0.1) is 10.1 Å². The summed E-state index contributed by atoms with van der Waals surface area (Å²) in [4.78, 5) is 32.8. The van der Waals surface area contributed by atoms with Crippen LogP contribution in [0.15, 0.2) is 48.5 Å². The zero-order chi connectivity index (χ0) is 14.5. The Kier molecular flexibility index (Phi) is 3.85. The topological polar surface area (TPSA) is 86.5 Å². The van der Waals surface area contributed by atoms with Crippen molar-refractivity contribution in [2.75, 3.05) is 0 Å². The zero-order valence-electron chi connectivity index (χ0n) is 10.2. The first-order valence-electron chi connectivity index (χ1n) is 5.62. The van der Waals surface area contributed by atoms with E-state index in [4.69, 9.17) is 0 Å². The zero-order valence-corrected chi connectivity index (χ0v) is 10.2. The number of nitrogens with zero attached hydrogens (tertiary/aromatic N) is 1. The van der Waals surface area contributed by atoms with Crippen LogP contribution in [0.3, 0.4) is 0 Å². The molecule has 0 heterocycles. The van der Waals surface area contributed by atoms with Crippen molar-refractivity contribution in [3.63, 3.8) is 0 Å². The fraction of sp³-hybridized carbons (Fsp3) is 0. The average molecular weight is 271 g/mol. The van der Waals surface area contributed by atoms with E-state index in [1.807, 2.05) is 0 Å². The van der Waals surface area contributed by atoms with Crippen LogP contribution in [0.25, 0.3) is 0 Å². The van der Waals surface area contributed by atoms with Crippen molar-refractivity contribution < 1.29 is 19.2 Å². The third-order valence-electron chi connectivity index (χ3n) is 2.63. The molecule has 0 atom stereocenters. The monoisotopic (exact) mass is 271 g/mol. The number of carbonyl (C=O) groups excluding carboxylic acids is 2. The lowest BCUT2D eigenvalue weighted by Crippen LogP contribution is -2.05. The van der Waals surface area contributed by atoms with E-state index in [2.05, 4.69) is 4.74 Å². The number of carbonyl (C=O) groups is 2. The third kappa shape index (κ3) is 2.69. The van der Waals surface area contributed by atoms with Crippen LogP contribution in [-0.2, 0) is 4.79 Å². The fourth-order valence-corrected chi connectivity index (χ4v) is 1.73. The van der Waals surface area contributed by atoms with Crippen LogP contribution in [0.4, 0.5) is 5.69 Å². The molecule has 6 nitrogen and oxygen atoms in total. The highest BCUT2D eigenvalue weighted by molar-refractivity contribution is 6.11. The van der Waals surface area contributed by atoms with Crippen LogP contribution >= 0.6 is 0 Å². The Labute approximate surface area is 113 Å². The summed E-state index contributed by atoms with van der Waals surface area (Å²) in [6.07, 6.45) is 0. The summed E-state index contributed by atoms with van der Waals surface area (Å²) in [6.45, 7) is 0.164. The molecule has 2 aromatic rings. The molecule has 0 spiro atoms. The van der Waals surface area contributed by atoms with Crippen LogP contribution < -0.4 is 4.74 Å². The first-order chi connectivity index (χ1) is 9.63. The highest BCUT2D eigenvalue weighted by Gasteiger charge is 2.22. The van der Waals surface area contributed by atoms with E-state index in [0.717, 1.165) is 6.07 Å². The summed E-state index contributed by atoms with van der Waals surface area (Å²) in [5.41, 5.74) is -0.114. The molecule has 6 heteroatoms. The predicted molar refractivity (Wildman–Crippen MR) is 69.7 cm³/mol. The quantitative estimate of drug-likeness (QED) is 0.360. The van der Waals surface area contributed by atoms with Gasteiger partial charge < -0.3 is 4.74 Å². The SMILES string of the molecule is O=COc1ccc(C(=O)c2ccccc2)c([N+](=O)[O-])c1. The average Bonchev–Trinajstić information content (AvgIpc) is 2.47. The van der Waals surface area contributed by atoms with Gasteiger partial charge in [-0.15, -0.1) is 0 Å². The molecule has 0 saturated carbocycles. The third-order valence-corrected chi connectivity index (χ3v) is 2.63. The van der Waals surface area contributed by atoms with Gasteiger partial charge in [-0.05, 0) is 12.1 Å². The largest absolute Gasteiger partial charge is 0.428 e. The van der Waals surface area contributed by atoms with Crippen molar-refractivity contribution in [1.82, 2.24) is 0 Å². The summed E-state index contributed by atoms with van der Waals surface area (Å²) in [6, 6.07) is 11.9. The van der Waals surface area contributed by atoms with Crippen molar-refractivity contribution in [1.29, 1.82) is 0 Å². The maximum absolute atomic E-state index is 12.2. The number of hydrogen-bond donors (Lipinski definition) is 0. The van der Waals surface area contributed by atoms with Gasteiger partial charge in [0.15, 0.2) is 5.78 Å². The maximum atomic E-state index is 12.2. The van der Waals surface area contributed by atoms with Gasteiger partial charge >= 0.3 is 0 Å². The van der Waals surface area contributed by atoms with Crippen LogP contribution in [0.2, 0.25) is 0 Å². The van der Waals surface area contributed by atoms with E-state index in [1.54, 1.807) is 30.3 Å². The molecule has 0 aliphatic rings. The molecule has 0 unspecified atom stereocenters. The minimum absolute atomic E-state index is 0.0105. The van der Waals surface area contributed by atoms with Crippen LogP contribution in [0.1, 0.15) is 15.9 Å². The second-order valence-corrected chi connectivity index (χ2v) is 3.85. The smallest absolute Gasteiger partial charge is 0.298 e. The van der Waals surface area contributed by atoms with E-state index in [-0.39, 0.29) is 17.8 Å². The summed E-state index contributed by atoms with van der Waals surface area (Å²) in [5.74, 6) is -0.453. The van der Waals surface area contributed by atoms with Gasteiger partial charge in [-0.3, -0.25) is 19.7 Å². The number of hydrogen-bond acceptors (Lipinski definition) is 5. The first kappa shape index (κ1) is 13.4. The second kappa shape index (κ2) is 5.75. The Morgan fingerprint density at radius 2 is 1.85 bits per heavy atom.